The first-order valence-electron chi connectivity index (χ1n) is 9.73. The summed E-state index contributed by atoms with van der Waals surface area (Å²) in [6.07, 6.45) is 2.70. The van der Waals surface area contributed by atoms with Crippen LogP contribution in [-0.2, 0) is 4.74 Å². The summed E-state index contributed by atoms with van der Waals surface area (Å²) in [6, 6.07) is 7.79. The number of aromatic nitrogens is 2. The second-order valence-electron chi connectivity index (χ2n) is 8.25. The highest BCUT2D eigenvalue weighted by molar-refractivity contribution is 9.10. The number of carbonyl (C=O) groups is 2. The molecule has 7 nitrogen and oxygen atoms in total. The lowest BCUT2D eigenvalue weighted by Crippen LogP contribution is -2.47. The molecule has 8 heteroatoms. The molecule has 1 saturated heterocycles. The SMILES string of the molecule is Cc1c(C(=O)NC2CCN(C(=O)OC(C)(C)C)CC2)cnn1-c1ccc(Br)cc1. The Balaban J connectivity index is 1.58. The first kappa shape index (κ1) is 21.4. The second kappa shape index (κ2) is 8.57. The van der Waals surface area contributed by atoms with Gasteiger partial charge < -0.3 is 15.0 Å². The summed E-state index contributed by atoms with van der Waals surface area (Å²) in [4.78, 5) is 26.6. The van der Waals surface area contributed by atoms with E-state index >= 15 is 0 Å². The third-order valence-electron chi connectivity index (χ3n) is 4.81. The van der Waals surface area contributed by atoms with Crippen molar-refractivity contribution >= 4 is 27.9 Å². The summed E-state index contributed by atoms with van der Waals surface area (Å²) in [6.45, 7) is 8.58. The van der Waals surface area contributed by atoms with Gasteiger partial charge in [0.25, 0.3) is 5.91 Å². The largest absolute Gasteiger partial charge is 0.444 e. The van der Waals surface area contributed by atoms with E-state index in [9.17, 15) is 9.59 Å². The van der Waals surface area contributed by atoms with E-state index in [0.29, 0.717) is 31.5 Å². The van der Waals surface area contributed by atoms with Gasteiger partial charge in [-0.3, -0.25) is 4.79 Å². The van der Waals surface area contributed by atoms with Crippen molar-refractivity contribution in [1.29, 1.82) is 0 Å². The third-order valence-corrected chi connectivity index (χ3v) is 5.34. The number of nitrogens with one attached hydrogen (secondary N) is 1. The van der Waals surface area contributed by atoms with Gasteiger partial charge in [0, 0.05) is 23.6 Å². The summed E-state index contributed by atoms with van der Waals surface area (Å²) in [7, 11) is 0. The van der Waals surface area contributed by atoms with Gasteiger partial charge in [0.1, 0.15) is 5.60 Å². The Kier molecular flexibility index (Phi) is 6.31. The van der Waals surface area contributed by atoms with Crippen molar-refractivity contribution in [2.75, 3.05) is 13.1 Å². The molecule has 0 aliphatic carbocycles. The van der Waals surface area contributed by atoms with Crippen LogP contribution in [0.15, 0.2) is 34.9 Å². The van der Waals surface area contributed by atoms with Gasteiger partial charge in [0.15, 0.2) is 0 Å². The van der Waals surface area contributed by atoms with Crippen LogP contribution in [0.5, 0.6) is 0 Å². The number of piperidine rings is 1. The molecule has 1 aliphatic heterocycles. The number of likely N-dealkylation sites (tertiary alicyclic amines) is 1. The molecule has 29 heavy (non-hydrogen) atoms. The summed E-state index contributed by atoms with van der Waals surface area (Å²) in [5, 5.41) is 7.45. The molecule has 0 atom stereocenters. The Bertz CT molecular complexity index is 878. The zero-order valence-electron chi connectivity index (χ0n) is 17.2. The fraction of sp³-hybridized carbons (Fsp3) is 0.476. The van der Waals surface area contributed by atoms with Gasteiger partial charge in [0.05, 0.1) is 23.1 Å². The molecule has 0 bridgehead atoms. The van der Waals surface area contributed by atoms with Crippen LogP contribution >= 0.6 is 15.9 Å². The predicted molar refractivity (Wildman–Crippen MR) is 114 cm³/mol. The molecule has 2 aromatic rings. The first-order chi connectivity index (χ1) is 13.6. The molecule has 1 fully saturated rings. The average Bonchev–Trinajstić information content (AvgIpc) is 3.03. The van der Waals surface area contributed by atoms with Crippen LogP contribution in [0.4, 0.5) is 4.79 Å². The first-order valence-corrected chi connectivity index (χ1v) is 10.5. The van der Waals surface area contributed by atoms with Crippen molar-refractivity contribution in [2.24, 2.45) is 0 Å². The monoisotopic (exact) mass is 462 g/mol. The fourth-order valence-electron chi connectivity index (χ4n) is 3.27. The van der Waals surface area contributed by atoms with Crippen molar-refractivity contribution in [3.05, 3.63) is 46.2 Å². The maximum absolute atomic E-state index is 12.8. The van der Waals surface area contributed by atoms with E-state index in [2.05, 4.69) is 26.3 Å². The number of halogens is 1. The molecule has 0 saturated carbocycles. The Hall–Kier alpha value is -2.35. The summed E-state index contributed by atoms with van der Waals surface area (Å²) in [5.74, 6) is -0.137. The van der Waals surface area contributed by atoms with Gasteiger partial charge in [-0.15, -0.1) is 0 Å². The number of ether oxygens (including phenoxy) is 1. The van der Waals surface area contributed by atoms with Crippen LogP contribution in [-0.4, -0.2) is 51.4 Å². The van der Waals surface area contributed by atoms with Crippen LogP contribution in [0.25, 0.3) is 5.69 Å². The molecule has 2 heterocycles. The highest BCUT2D eigenvalue weighted by Crippen LogP contribution is 2.19. The van der Waals surface area contributed by atoms with Gasteiger partial charge in [-0.2, -0.15) is 5.10 Å². The van der Waals surface area contributed by atoms with E-state index in [4.69, 9.17) is 4.74 Å². The van der Waals surface area contributed by atoms with Crippen molar-refractivity contribution in [1.82, 2.24) is 20.0 Å². The average molecular weight is 463 g/mol. The van der Waals surface area contributed by atoms with Crippen LogP contribution in [0, 0.1) is 6.92 Å². The number of amides is 2. The zero-order chi connectivity index (χ0) is 21.2. The Morgan fingerprint density at radius 1 is 1.17 bits per heavy atom. The highest BCUT2D eigenvalue weighted by Gasteiger charge is 2.28. The molecule has 2 amide bonds. The van der Waals surface area contributed by atoms with Crippen LogP contribution in [0.1, 0.15) is 49.7 Å². The molecule has 1 N–H and O–H groups in total. The normalized spacial score (nSPS) is 15.3. The molecule has 1 aliphatic rings. The molecule has 0 unspecified atom stereocenters. The van der Waals surface area contributed by atoms with Crippen LogP contribution in [0.2, 0.25) is 0 Å². The van der Waals surface area contributed by atoms with E-state index in [1.807, 2.05) is 52.0 Å². The van der Waals surface area contributed by atoms with E-state index in [-0.39, 0.29) is 18.0 Å². The number of hydrogen-bond acceptors (Lipinski definition) is 4. The number of benzene rings is 1. The fourth-order valence-corrected chi connectivity index (χ4v) is 3.54. The van der Waals surface area contributed by atoms with Gasteiger partial charge >= 0.3 is 6.09 Å². The van der Waals surface area contributed by atoms with Crippen molar-refractivity contribution < 1.29 is 14.3 Å². The van der Waals surface area contributed by atoms with E-state index < -0.39 is 5.60 Å². The maximum Gasteiger partial charge on any atom is 0.410 e. The molecular weight excluding hydrogens is 436 g/mol. The lowest BCUT2D eigenvalue weighted by atomic mass is 10.0. The summed E-state index contributed by atoms with van der Waals surface area (Å²) in [5.41, 5.74) is 1.74. The van der Waals surface area contributed by atoms with Crippen LogP contribution in [0.3, 0.4) is 0 Å². The molecular formula is C21H27BrN4O3. The topological polar surface area (TPSA) is 76.5 Å². The predicted octanol–water partition coefficient (Wildman–Crippen LogP) is 4.07. The molecule has 3 rings (SSSR count). The van der Waals surface area contributed by atoms with Crippen molar-refractivity contribution in [3.63, 3.8) is 0 Å². The quantitative estimate of drug-likeness (QED) is 0.745. The summed E-state index contributed by atoms with van der Waals surface area (Å²) < 4.78 is 8.16. The summed E-state index contributed by atoms with van der Waals surface area (Å²) >= 11 is 3.42. The van der Waals surface area contributed by atoms with Crippen LogP contribution < -0.4 is 5.32 Å². The van der Waals surface area contributed by atoms with E-state index in [1.165, 1.54) is 0 Å². The van der Waals surface area contributed by atoms with E-state index in [0.717, 1.165) is 15.9 Å². The molecule has 1 aromatic carbocycles. The Morgan fingerprint density at radius 3 is 2.38 bits per heavy atom. The lowest BCUT2D eigenvalue weighted by molar-refractivity contribution is 0.0199. The number of nitrogens with zero attached hydrogens (tertiary/aromatic N) is 3. The number of rotatable bonds is 3. The molecule has 1 aromatic heterocycles. The highest BCUT2D eigenvalue weighted by atomic mass is 79.9. The van der Waals surface area contributed by atoms with Gasteiger partial charge in [-0.25, -0.2) is 9.48 Å². The number of carbonyl (C=O) groups excluding carboxylic acids is 2. The Morgan fingerprint density at radius 2 is 1.79 bits per heavy atom. The minimum absolute atomic E-state index is 0.0246. The van der Waals surface area contributed by atoms with Crippen molar-refractivity contribution in [3.8, 4) is 5.69 Å². The second-order valence-corrected chi connectivity index (χ2v) is 9.16. The van der Waals surface area contributed by atoms with E-state index in [1.54, 1.807) is 15.8 Å². The van der Waals surface area contributed by atoms with Gasteiger partial charge in [-0.05, 0) is 64.8 Å². The molecule has 0 radical (unpaired) electrons. The molecule has 0 spiro atoms. The van der Waals surface area contributed by atoms with Crippen molar-refractivity contribution in [2.45, 2.75) is 52.2 Å². The smallest absolute Gasteiger partial charge is 0.410 e. The lowest BCUT2D eigenvalue weighted by Gasteiger charge is -2.33. The number of hydrogen-bond donors (Lipinski definition) is 1. The van der Waals surface area contributed by atoms with Gasteiger partial charge in [-0.1, -0.05) is 15.9 Å². The zero-order valence-corrected chi connectivity index (χ0v) is 18.8. The standard InChI is InChI=1S/C21H27BrN4O3/c1-14-18(13-23-26(14)17-7-5-15(22)6-8-17)19(27)24-16-9-11-25(12-10-16)20(28)29-21(2,3)4/h5-8,13,16H,9-12H2,1-4H3,(H,24,27). The van der Waals surface area contributed by atoms with Gasteiger partial charge in [0.2, 0.25) is 0 Å². The Labute approximate surface area is 179 Å². The maximum atomic E-state index is 12.8. The molecule has 156 valence electrons. The third kappa shape index (κ3) is 5.38. The minimum atomic E-state index is -0.505. The minimum Gasteiger partial charge on any atom is -0.444 e.